The number of carbonyl (C=O) groups is 2. The van der Waals surface area contributed by atoms with Gasteiger partial charge in [0.15, 0.2) is 0 Å². The molecule has 3 rings (SSSR count). The van der Waals surface area contributed by atoms with Crippen LogP contribution in [0.15, 0.2) is 0 Å². The molecule has 3 fully saturated rings. The Morgan fingerprint density at radius 2 is 1.68 bits per heavy atom. The van der Waals surface area contributed by atoms with Crippen molar-refractivity contribution < 1.29 is 14.3 Å². The van der Waals surface area contributed by atoms with E-state index in [1.54, 1.807) is 4.90 Å². The Kier molecular flexibility index (Phi) is 6.70. The third-order valence-corrected chi connectivity index (χ3v) is 6.21. The molecule has 0 aliphatic carbocycles. The number of rotatable bonds is 6. The van der Waals surface area contributed by atoms with Crippen LogP contribution in [0.3, 0.4) is 0 Å². The molecule has 142 valence electrons. The van der Waals surface area contributed by atoms with Gasteiger partial charge in [-0.25, -0.2) is 0 Å². The van der Waals surface area contributed by atoms with Gasteiger partial charge in [0.2, 0.25) is 5.91 Å². The maximum Gasteiger partial charge on any atom is 0.320 e. The molecule has 25 heavy (non-hydrogen) atoms. The van der Waals surface area contributed by atoms with Gasteiger partial charge in [0.25, 0.3) is 0 Å². The first-order valence-corrected chi connectivity index (χ1v) is 9.96. The number of ether oxygens (including phenoxy) is 1. The van der Waals surface area contributed by atoms with Crippen molar-refractivity contribution in [3.8, 4) is 0 Å². The Bertz CT molecular complexity index is 455. The van der Waals surface area contributed by atoms with Crippen LogP contribution in [0.1, 0.15) is 38.5 Å². The van der Waals surface area contributed by atoms with Gasteiger partial charge in [-0.15, -0.1) is 0 Å². The average Bonchev–Trinajstić information content (AvgIpc) is 3.01. The number of amides is 1. The van der Waals surface area contributed by atoms with Crippen molar-refractivity contribution in [2.24, 2.45) is 11.8 Å². The van der Waals surface area contributed by atoms with Gasteiger partial charge < -0.3 is 14.5 Å². The Morgan fingerprint density at radius 3 is 2.28 bits per heavy atom. The van der Waals surface area contributed by atoms with Crippen LogP contribution in [-0.4, -0.2) is 86.0 Å². The standard InChI is InChI=1S/C19H33N3O3/c1-20-9-4-16(5-10-20)17-6-11-21(12-7-17)15-19(24)25-14-13-22-8-2-3-18(22)23/h16-17H,2-15H2,1H3. The van der Waals surface area contributed by atoms with Gasteiger partial charge >= 0.3 is 5.97 Å². The minimum atomic E-state index is -0.149. The van der Waals surface area contributed by atoms with E-state index in [1.165, 1.54) is 38.8 Å². The van der Waals surface area contributed by atoms with Crippen molar-refractivity contribution in [1.29, 1.82) is 0 Å². The molecule has 0 unspecified atom stereocenters. The average molecular weight is 351 g/mol. The molecule has 3 aliphatic heterocycles. The van der Waals surface area contributed by atoms with Crippen LogP contribution in [0, 0.1) is 11.8 Å². The summed E-state index contributed by atoms with van der Waals surface area (Å²) in [5, 5.41) is 0. The normalized spacial score (nSPS) is 24.8. The molecule has 6 heteroatoms. The van der Waals surface area contributed by atoms with Gasteiger partial charge in [-0.2, -0.15) is 0 Å². The number of esters is 1. The topological polar surface area (TPSA) is 53.1 Å². The first-order valence-electron chi connectivity index (χ1n) is 9.96. The van der Waals surface area contributed by atoms with Crippen molar-refractivity contribution in [1.82, 2.24) is 14.7 Å². The van der Waals surface area contributed by atoms with Crippen molar-refractivity contribution >= 4 is 11.9 Å². The molecule has 3 heterocycles. The lowest BCUT2D eigenvalue weighted by Gasteiger charge is -2.39. The van der Waals surface area contributed by atoms with E-state index in [0.29, 0.717) is 26.1 Å². The molecule has 0 atom stereocenters. The summed E-state index contributed by atoms with van der Waals surface area (Å²) in [6, 6.07) is 0. The van der Waals surface area contributed by atoms with Crippen LogP contribution in [0.4, 0.5) is 0 Å². The molecule has 3 saturated heterocycles. The largest absolute Gasteiger partial charge is 0.463 e. The SMILES string of the molecule is CN1CCC(C2CCN(CC(=O)OCCN3CCCC3=O)CC2)CC1. The molecule has 0 aromatic carbocycles. The van der Waals surface area contributed by atoms with Crippen molar-refractivity contribution in [3.63, 3.8) is 0 Å². The first-order chi connectivity index (χ1) is 12.1. The maximum atomic E-state index is 12.0. The summed E-state index contributed by atoms with van der Waals surface area (Å²) in [5.41, 5.74) is 0. The van der Waals surface area contributed by atoms with Gasteiger partial charge in [-0.1, -0.05) is 0 Å². The van der Waals surface area contributed by atoms with Gasteiger partial charge in [0, 0.05) is 13.0 Å². The Morgan fingerprint density at radius 1 is 1.04 bits per heavy atom. The fraction of sp³-hybridized carbons (Fsp3) is 0.895. The van der Waals surface area contributed by atoms with Crippen LogP contribution >= 0.6 is 0 Å². The molecule has 0 saturated carbocycles. The Balaban J connectivity index is 1.29. The lowest BCUT2D eigenvalue weighted by molar-refractivity contribution is -0.146. The molecular weight excluding hydrogens is 318 g/mol. The highest BCUT2D eigenvalue weighted by atomic mass is 16.5. The van der Waals surface area contributed by atoms with E-state index in [0.717, 1.165) is 37.9 Å². The Labute approximate surface area is 151 Å². The molecule has 0 aromatic rings. The van der Waals surface area contributed by atoms with E-state index in [2.05, 4.69) is 16.8 Å². The number of nitrogens with zero attached hydrogens (tertiary/aromatic N) is 3. The number of carbonyl (C=O) groups excluding carboxylic acids is 2. The van der Waals surface area contributed by atoms with Gasteiger partial charge in [0.1, 0.15) is 6.61 Å². The zero-order valence-corrected chi connectivity index (χ0v) is 15.6. The van der Waals surface area contributed by atoms with Gasteiger partial charge in [-0.05, 0) is 77.2 Å². The zero-order chi connectivity index (χ0) is 17.6. The fourth-order valence-corrected chi connectivity index (χ4v) is 4.52. The van der Waals surface area contributed by atoms with Crippen LogP contribution in [0.5, 0.6) is 0 Å². The molecule has 0 radical (unpaired) electrons. The van der Waals surface area contributed by atoms with Crippen LogP contribution in [0.25, 0.3) is 0 Å². The summed E-state index contributed by atoms with van der Waals surface area (Å²) in [6.45, 7) is 6.56. The second-order valence-corrected chi connectivity index (χ2v) is 7.96. The lowest BCUT2D eigenvalue weighted by atomic mass is 9.79. The summed E-state index contributed by atoms with van der Waals surface area (Å²) in [5.74, 6) is 1.75. The predicted molar refractivity (Wildman–Crippen MR) is 96.2 cm³/mol. The lowest BCUT2D eigenvalue weighted by Crippen LogP contribution is -2.42. The minimum Gasteiger partial charge on any atom is -0.463 e. The molecule has 0 N–H and O–H groups in total. The minimum absolute atomic E-state index is 0.149. The van der Waals surface area contributed by atoms with Crippen LogP contribution < -0.4 is 0 Å². The summed E-state index contributed by atoms with van der Waals surface area (Å²) >= 11 is 0. The third-order valence-electron chi connectivity index (χ3n) is 6.21. The number of hydrogen-bond donors (Lipinski definition) is 0. The van der Waals surface area contributed by atoms with Crippen LogP contribution in [0.2, 0.25) is 0 Å². The zero-order valence-electron chi connectivity index (χ0n) is 15.6. The second kappa shape index (κ2) is 8.99. The summed E-state index contributed by atoms with van der Waals surface area (Å²) in [4.78, 5) is 30.0. The monoisotopic (exact) mass is 351 g/mol. The number of likely N-dealkylation sites (tertiary alicyclic amines) is 3. The maximum absolute atomic E-state index is 12.0. The van der Waals surface area contributed by atoms with E-state index in [1.807, 2.05) is 0 Å². The van der Waals surface area contributed by atoms with E-state index < -0.39 is 0 Å². The van der Waals surface area contributed by atoms with E-state index in [-0.39, 0.29) is 11.9 Å². The molecule has 0 bridgehead atoms. The smallest absolute Gasteiger partial charge is 0.320 e. The molecule has 3 aliphatic rings. The highest BCUT2D eigenvalue weighted by Gasteiger charge is 2.29. The number of piperidine rings is 2. The molecular formula is C19H33N3O3. The first kappa shape index (κ1) is 18.6. The summed E-state index contributed by atoms with van der Waals surface area (Å²) in [7, 11) is 2.21. The molecule has 0 spiro atoms. The highest BCUT2D eigenvalue weighted by molar-refractivity contribution is 5.78. The van der Waals surface area contributed by atoms with Crippen molar-refractivity contribution in [2.45, 2.75) is 38.5 Å². The Hall–Kier alpha value is -1.14. The van der Waals surface area contributed by atoms with Crippen LogP contribution in [-0.2, 0) is 14.3 Å². The second-order valence-electron chi connectivity index (χ2n) is 7.96. The van der Waals surface area contributed by atoms with E-state index >= 15 is 0 Å². The van der Waals surface area contributed by atoms with E-state index in [9.17, 15) is 9.59 Å². The van der Waals surface area contributed by atoms with Crippen molar-refractivity contribution in [2.75, 3.05) is 59.5 Å². The third kappa shape index (κ3) is 5.42. The van der Waals surface area contributed by atoms with Gasteiger partial charge in [-0.3, -0.25) is 14.5 Å². The number of hydrogen-bond acceptors (Lipinski definition) is 5. The molecule has 6 nitrogen and oxygen atoms in total. The predicted octanol–water partition coefficient (Wildman–Crippen LogP) is 1.21. The quantitative estimate of drug-likeness (QED) is 0.673. The van der Waals surface area contributed by atoms with Gasteiger partial charge in [0.05, 0.1) is 13.1 Å². The summed E-state index contributed by atoms with van der Waals surface area (Å²) in [6.07, 6.45) is 6.66. The highest BCUT2D eigenvalue weighted by Crippen LogP contribution is 2.32. The molecule has 1 amide bonds. The fourth-order valence-electron chi connectivity index (χ4n) is 4.52. The summed E-state index contributed by atoms with van der Waals surface area (Å²) < 4.78 is 5.33. The molecule has 0 aromatic heterocycles. The van der Waals surface area contributed by atoms with Crippen molar-refractivity contribution in [3.05, 3.63) is 0 Å². The van der Waals surface area contributed by atoms with E-state index in [4.69, 9.17) is 4.74 Å².